The van der Waals surface area contributed by atoms with E-state index in [-0.39, 0.29) is 5.57 Å². The smallest absolute Gasteiger partial charge is 0.262 e. The highest BCUT2D eigenvalue weighted by molar-refractivity contribution is 5.77. The van der Waals surface area contributed by atoms with Crippen LogP contribution in [0.4, 0.5) is 0 Å². The van der Waals surface area contributed by atoms with E-state index in [2.05, 4.69) is 4.99 Å². The lowest BCUT2D eigenvalue weighted by atomic mass is 10.2. The largest absolute Gasteiger partial charge is 0.339 e. The molecular weight excluding hydrogens is 148 g/mol. The first-order valence-electron chi connectivity index (χ1n) is 2.84. The van der Waals surface area contributed by atoms with Gasteiger partial charge in [0.1, 0.15) is 11.5 Å². The molecule has 11 heavy (non-hydrogen) atoms. The molecule has 1 atom stereocenters. The van der Waals surface area contributed by atoms with E-state index in [4.69, 9.17) is 0 Å². The fraction of sp³-hybridized carbons (Fsp3) is 0.167. The van der Waals surface area contributed by atoms with Crippen molar-refractivity contribution >= 4 is 12.2 Å². The lowest BCUT2D eigenvalue weighted by Crippen LogP contribution is -2.20. The van der Waals surface area contributed by atoms with E-state index in [1.54, 1.807) is 0 Å². The number of carbonyl (C=O) groups excluding carboxylic acids is 1. The summed E-state index contributed by atoms with van der Waals surface area (Å²) in [6, 6.07) is 0. The minimum atomic E-state index is -1.27. The average Bonchev–Trinajstić information content (AvgIpc) is 2.04. The molecule has 1 aliphatic rings. The van der Waals surface area contributed by atoms with E-state index < -0.39 is 11.1 Å². The van der Waals surface area contributed by atoms with E-state index >= 15 is 0 Å². The minimum Gasteiger partial charge on any atom is -0.262 e. The molecule has 0 amide bonds. The second kappa shape index (κ2) is 2.90. The van der Waals surface area contributed by atoms with Crippen LogP contribution in [0, 0.1) is 10.1 Å². The number of hydrogen-bond acceptors (Lipinski definition) is 4. The highest BCUT2D eigenvalue weighted by atomic mass is 16.6. The molecule has 56 valence electrons. The topological polar surface area (TPSA) is 72.6 Å². The molecule has 0 saturated heterocycles. The third-order valence-electron chi connectivity index (χ3n) is 1.18. The lowest BCUT2D eigenvalue weighted by molar-refractivity contribution is -0.509. The Morgan fingerprint density at radius 1 is 1.73 bits per heavy atom. The minimum absolute atomic E-state index is 0.0440. The molecule has 1 unspecified atom stereocenters. The fourth-order valence-corrected chi connectivity index (χ4v) is 0.699. The monoisotopic (exact) mass is 152 g/mol. The molecule has 0 aromatic rings. The van der Waals surface area contributed by atoms with Crippen LogP contribution >= 0.6 is 0 Å². The third kappa shape index (κ3) is 1.39. The first-order chi connectivity index (χ1) is 5.25. The summed E-state index contributed by atoms with van der Waals surface area (Å²) in [6.45, 7) is 0. The molecule has 0 aliphatic carbocycles. The van der Waals surface area contributed by atoms with Crippen LogP contribution in [-0.2, 0) is 4.79 Å². The zero-order valence-corrected chi connectivity index (χ0v) is 5.43. The number of hydrogen-bond donors (Lipinski definition) is 0. The van der Waals surface area contributed by atoms with Crippen molar-refractivity contribution in [2.24, 2.45) is 4.99 Å². The number of nitro groups is 1. The van der Waals surface area contributed by atoms with Crippen molar-refractivity contribution in [1.82, 2.24) is 0 Å². The Kier molecular flexibility index (Phi) is 1.94. The summed E-state index contributed by atoms with van der Waals surface area (Å²) in [4.78, 5) is 23.1. The van der Waals surface area contributed by atoms with Gasteiger partial charge >= 0.3 is 6.17 Å². The van der Waals surface area contributed by atoms with Crippen molar-refractivity contribution in [2.45, 2.75) is 6.17 Å². The number of nitrogens with zero attached hydrogens (tertiary/aromatic N) is 2. The van der Waals surface area contributed by atoms with E-state index in [0.717, 1.165) is 0 Å². The van der Waals surface area contributed by atoms with Crippen molar-refractivity contribution in [3.63, 3.8) is 0 Å². The molecule has 0 radical (unpaired) electrons. The van der Waals surface area contributed by atoms with Crippen molar-refractivity contribution in [1.29, 1.82) is 0 Å². The van der Waals surface area contributed by atoms with Crippen LogP contribution in [0.2, 0.25) is 0 Å². The highest BCUT2D eigenvalue weighted by Crippen LogP contribution is 2.08. The van der Waals surface area contributed by atoms with Crippen LogP contribution in [0.1, 0.15) is 0 Å². The van der Waals surface area contributed by atoms with Crippen molar-refractivity contribution < 1.29 is 9.72 Å². The quantitative estimate of drug-likeness (QED) is 0.301. The van der Waals surface area contributed by atoms with Gasteiger partial charge in [-0.05, 0) is 12.2 Å². The van der Waals surface area contributed by atoms with Gasteiger partial charge in [0.15, 0.2) is 0 Å². The van der Waals surface area contributed by atoms with E-state index in [1.807, 2.05) is 0 Å². The molecule has 0 aromatic carbocycles. The maximum absolute atomic E-state index is 10.2. The molecule has 5 nitrogen and oxygen atoms in total. The molecule has 0 fully saturated rings. The van der Waals surface area contributed by atoms with E-state index in [1.165, 1.54) is 24.3 Å². The molecule has 0 N–H and O–H groups in total. The van der Waals surface area contributed by atoms with Gasteiger partial charge in [-0.15, -0.1) is 0 Å². The molecule has 1 aliphatic heterocycles. The zero-order valence-electron chi connectivity index (χ0n) is 5.43. The summed E-state index contributed by atoms with van der Waals surface area (Å²) in [6.07, 6.45) is 2.81. The van der Waals surface area contributed by atoms with Gasteiger partial charge in [0.05, 0.1) is 4.92 Å². The maximum atomic E-state index is 10.2. The summed E-state index contributed by atoms with van der Waals surface area (Å²) >= 11 is 0. The Bertz CT molecular complexity index is 286. The van der Waals surface area contributed by atoms with Crippen LogP contribution in [-0.4, -0.2) is 23.2 Å². The van der Waals surface area contributed by atoms with Gasteiger partial charge < -0.3 is 0 Å². The van der Waals surface area contributed by atoms with Gasteiger partial charge in [-0.3, -0.25) is 10.1 Å². The van der Waals surface area contributed by atoms with Crippen LogP contribution < -0.4 is 0 Å². The van der Waals surface area contributed by atoms with E-state index in [0.29, 0.717) is 0 Å². The first kappa shape index (κ1) is 7.37. The molecule has 1 rings (SSSR count). The third-order valence-corrected chi connectivity index (χ3v) is 1.18. The van der Waals surface area contributed by atoms with Gasteiger partial charge in [-0.2, -0.15) is 0 Å². The summed E-state index contributed by atoms with van der Waals surface area (Å²) in [5, 5.41) is 10.2. The summed E-state index contributed by atoms with van der Waals surface area (Å²) in [5.74, 6) is 1.46. The van der Waals surface area contributed by atoms with Crippen LogP contribution in [0.5, 0.6) is 0 Å². The van der Waals surface area contributed by atoms with Gasteiger partial charge in [0.25, 0.3) is 0 Å². The standard InChI is InChI=1S/C6H4N2O3/c9-4-5-2-1-3-7-6(5)8(10)11/h1-3,6H. The number of rotatable bonds is 1. The molecule has 0 saturated carbocycles. The summed E-state index contributed by atoms with van der Waals surface area (Å²) < 4.78 is 0. The van der Waals surface area contributed by atoms with Gasteiger partial charge in [0.2, 0.25) is 0 Å². The first-order valence-corrected chi connectivity index (χ1v) is 2.84. The number of dihydropyridines is 1. The Labute approximate surface area is 61.9 Å². The molecular formula is C6H4N2O3. The summed E-state index contributed by atoms with van der Waals surface area (Å²) in [5.41, 5.74) is -0.0440. The van der Waals surface area contributed by atoms with Crippen molar-refractivity contribution in [2.75, 3.05) is 0 Å². The Morgan fingerprint density at radius 3 is 2.91 bits per heavy atom. The van der Waals surface area contributed by atoms with Crippen LogP contribution in [0.15, 0.2) is 22.7 Å². The van der Waals surface area contributed by atoms with Gasteiger partial charge in [-0.25, -0.2) is 9.79 Å². The van der Waals surface area contributed by atoms with Gasteiger partial charge in [-0.1, -0.05) is 0 Å². The number of allylic oxidation sites excluding steroid dienone is 1. The fourth-order valence-electron chi connectivity index (χ4n) is 0.699. The molecule has 0 bridgehead atoms. The summed E-state index contributed by atoms with van der Waals surface area (Å²) in [7, 11) is 0. The Hall–Kier alpha value is -1.74. The Morgan fingerprint density at radius 2 is 2.45 bits per heavy atom. The number of aliphatic imine (C=N–C) groups is 1. The molecule has 0 spiro atoms. The van der Waals surface area contributed by atoms with Crippen molar-refractivity contribution in [3.05, 3.63) is 27.8 Å². The molecule has 5 heteroatoms. The van der Waals surface area contributed by atoms with E-state index in [9.17, 15) is 14.9 Å². The zero-order chi connectivity index (χ0) is 8.27. The van der Waals surface area contributed by atoms with Crippen molar-refractivity contribution in [3.8, 4) is 0 Å². The molecule has 0 aromatic heterocycles. The second-order valence-electron chi connectivity index (χ2n) is 1.87. The highest BCUT2D eigenvalue weighted by Gasteiger charge is 2.24. The average molecular weight is 152 g/mol. The second-order valence-corrected chi connectivity index (χ2v) is 1.87. The van der Waals surface area contributed by atoms with Crippen LogP contribution in [0.3, 0.4) is 0 Å². The maximum Gasteiger partial charge on any atom is 0.339 e. The van der Waals surface area contributed by atoms with Gasteiger partial charge in [0, 0.05) is 6.21 Å². The predicted octanol–water partition coefficient (Wildman–Crippen LogP) is -0.0122. The molecule has 1 heterocycles. The predicted molar refractivity (Wildman–Crippen MR) is 37.6 cm³/mol. The SMILES string of the molecule is O=C=C1C=CC=NC1[N+](=O)[O-]. The Balaban J connectivity index is 2.97. The lowest BCUT2D eigenvalue weighted by Gasteiger charge is -2.03. The normalized spacial score (nSPS) is 21.5. The van der Waals surface area contributed by atoms with Crippen LogP contribution in [0.25, 0.3) is 0 Å².